The number of hydrogen-bond donors (Lipinski definition) is 2. The van der Waals surface area contributed by atoms with Crippen LogP contribution in [0.1, 0.15) is 0 Å². The molecule has 0 saturated carbocycles. The Hall–Kier alpha value is -1.73. The van der Waals surface area contributed by atoms with Gasteiger partial charge in [0.2, 0.25) is 0 Å². The fourth-order valence-corrected chi connectivity index (χ4v) is 1.39. The maximum absolute atomic E-state index is 8.60. The highest BCUT2D eigenvalue weighted by Crippen LogP contribution is 2.16. The molecule has 0 bridgehead atoms. The molecule has 0 fully saturated rings. The highest BCUT2D eigenvalue weighted by atomic mass is 16.5. The number of aliphatic hydroxyl groups excluding tert-OH is 1. The molecule has 7 heteroatoms. The van der Waals surface area contributed by atoms with Gasteiger partial charge in [-0.25, -0.2) is 15.0 Å². The number of hydrogen-bond acceptors (Lipinski definition) is 6. The third-order valence-electron chi connectivity index (χ3n) is 2.10. The van der Waals surface area contributed by atoms with Gasteiger partial charge in [-0.3, -0.25) is 4.57 Å². The van der Waals surface area contributed by atoms with E-state index in [0.717, 1.165) is 0 Å². The second-order valence-corrected chi connectivity index (χ2v) is 3.12. The molecule has 0 spiro atoms. The van der Waals surface area contributed by atoms with Crippen molar-refractivity contribution in [3.8, 4) is 0 Å². The second-order valence-electron chi connectivity index (χ2n) is 3.12. The third kappa shape index (κ3) is 1.95. The predicted octanol–water partition coefficient (Wildman–Crippen LogP) is -0.166. The van der Waals surface area contributed by atoms with Gasteiger partial charge in [-0.1, -0.05) is 0 Å². The van der Waals surface area contributed by atoms with Crippen LogP contribution in [0.3, 0.4) is 0 Å². The molecule has 7 nitrogen and oxygen atoms in total. The molecule has 0 aliphatic carbocycles. The molecule has 0 radical (unpaired) electrons. The first kappa shape index (κ1) is 10.8. The van der Waals surface area contributed by atoms with E-state index in [0.29, 0.717) is 30.3 Å². The number of anilines is 1. The molecule has 0 aliphatic heterocycles. The number of aliphatic hydroxyl groups is 1. The summed E-state index contributed by atoms with van der Waals surface area (Å²) in [4.78, 5) is 12.4. The molecule has 0 aromatic carbocycles. The molecule has 2 rings (SSSR count). The van der Waals surface area contributed by atoms with E-state index in [9.17, 15) is 0 Å². The number of ether oxygens (including phenoxy) is 1. The van der Waals surface area contributed by atoms with Gasteiger partial charge >= 0.3 is 0 Å². The lowest BCUT2D eigenvalue weighted by molar-refractivity contribution is 0.0499. The van der Waals surface area contributed by atoms with Crippen LogP contribution in [-0.4, -0.2) is 44.9 Å². The van der Waals surface area contributed by atoms with Crippen LogP contribution in [0.15, 0.2) is 12.7 Å². The summed E-state index contributed by atoms with van der Waals surface area (Å²) in [6.45, 7) is 0.615. The van der Waals surface area contributed by atoms with Crippen LogP contribution in [0, 0.1) is 0 Å². The Morgan fingerprint density at radius 2 is 2.31 bits per heavy atom. The summed E-state index contributed by atoms with van der Waals surface area (Å²) in [5.74, 6) is 0.686. The summed E-state index contributed by atoms with van der Waals surface area (Å²) in [7, 11) is 1.78. The summed E-state index contributed by atoms with van der Waals surface area (Å²) >= 11 is 0. The van der Waals surface area contributed by atoms with Gasteiger partial charge < -0.3 is 15.2 Å². The number of imidazole rings is 1. The van der Waals surface area contributed by atoms with Gasteiger partial charge in [0.25, 0.3) is 0 Å². The number of rotatable bonds is 5. The first-order valence-electron chi connectivity index (χ1n) is 4.89. The number of nitrogens with zero attached hydrogens (tertiary/aromatic N) is 4. The Morgan fingerprint density at radius 1 is 1.44 bits per heavy atom. The number of aromatic nitrogens is 4. The molecule has 0 atom stereocenters. The lowest BCUT2D eigenvalue weighted by atomic mass is 10.5. The summed E-state index contributed by atoms with van der Waals surface area (Å²) < 4.78 is 6.96. The maximum Gasteiger partial charge on any atom is 0.167 e. The Labute approximate surface area is 92.1 Å². The maximum atomic E-state index is 8.60. The van der Waals surface area contributed by atoms with Crippen LogP contribution < -0.4 is 5.32 Å². The SMILES string of the molecule is CNc1ncnc2c1ncn2COCCO. The van der Waals surface area contributed by atoms with Crippen molar-refractivity contribution in [3.63, 3.8) is 0 Å². The number of nitrogens with one attached hydrogen (secondary N) is 1. The van der Waals surface area contributed by atoms with Crippen molar-refractivity contribution in [2.24, 2.45) is 0 Å². The zero-order chi connectivity index (χ0) is 11.4. The fourth-order valence-electron chi connectivity index (χ4n) is 1.39. The molecule has 2 heterocycles. The molecule has 2 N–H and O–H groups in total. The molecule has 2 aromatic heterocycles. The van der Waals surface area contributed by atoms with E-state index in [1.165, 1.54) is 6.33 Å². The zero-order valence-electron chi connectivity index (χ0n) is 8.92. The predicted molar refractivity (Wildman–Crippen MR) is 57.9 cm³/mol. The van der Waals surface area contributed by atoms with E-state index in [1.807, 2.05) is 0 Å². The van der Waals surface area contributed by atoms with Crippen molar-refractivity contribution in [1.82, 2.24) is 19.5 Å². The Kier molecular flexibility index (Phi) is 3.28. The summed E-state index contributed by atoms with van der Waals surface area (Å²) in [6.07, 6.45) is 3.11. The lowest BCUT2D eigenvalue weighted by Gasteiger charge is -2.04. The van der Waals surface area contributed by atoms with Gasteiger partial charge in [-0.05, 0) is 0 Å². The zero-order valence-corrected chi connectivity index (χ0v) is 8.92. The monoisotopic (exact) mass is 223 g/mol. The van der Waals surface area contributed by atoms with E-state index in [2.05, 4.69) is 20.3 Å². The van der Waals surface area contributed by atoms with Gasteiger partial charge in [0.15, 0.2) is 11.5 Å². The van der Waals surface area contributed by atoms with Gasteiger partial charge in [0.05, 0.1) is 19.5 Å². The van der Waals surface area contributed by atoms with Crippen molar-refractivity contribution in [3.05, 3.63) is 12.7 Å². The van der Waals surface area contributed by atoms with Gasteiger partial charge in [-0.15, -0.1) is 0 Å². The van der Waals surface area contributed by atoms with E-state index in [1.54, 1.807) is 17.9 Å². The average Bonchev–Trinajstić information content (AvgIpc) is 2.73. The fraction of sp³-hybridized carbons (Fsp3) is 0.444. The first-order valence-corrected chi connectivity index (χ1v) is 4.89. The van der Waals surface area contributed by atoms with Crippen LogP contribution in [0.25, 0.3) is 11.2 Å². The molecule has 0 unspecified atom stereocenters. The molecule has 86 valence electrons. The smallest absolute Gasteiger partial charge is 0.167 e. The van der Waals surface area contributed by atoms with Crippen molar-refractivity contribution >= 4 is 17.0 Å². The molecule has 0 amide bonds. The van der Waals surface area contributed by atoms with E-state index < -0.39 is 0 Å². The third-order valence-corrected chi connectivity index (χ3v) is 2.10. The molecule has 16 heavy (non-hydrogen) atoms. The van der Waals surface area contributed by atoms with Crippen LogP contribution >= 0.6 is 0 Å². The summed E-state index contributed by atoms with van der Waals surface area (Å²) in [5.41, 5.74) is 1.41. The number of fused-ring (bicyclic) bond motifs is 1. The minimum absolute atomic E-state index is 0.00335. The van der Waals surface area contributed by atoms with Crippen LogP contribution in [0.4, 0.5) is 5.82 Å². The normalized spacial score (nSPS) is 10.9. The standard InChI is InChI=1S/C9H13N5O2/c1-10-8-7-9(12-4-11-8)14(5-13-7)6-16-3-2-15/h4-5,15H,2-3,6H2,1H3,(H,10,11,12). The van der Waals surface area contributed by atoms with Gasteiger partial charge in [-0.2, -0.15) is 0 Å². The molecular formula is C9H13N5O2. The van der Waals surface area contributed by atoms with E-state index in [-0.39, 0.29) is 6.61 Å². The van der Waals surface area contributed by atoms with Crippen molar-refractivity contribution in [2.45, 2.75) is 6.73 Å². The van der Waals surface area contributed by atoms with Crippen LogP contribution in [0.2, 0.25) is 0 Å². The summed E-state index contributed by atoms with van der Waals surface area (Å²) in [6, 6.07) is 0. The van der Waals surface area contributed by atoms with Crippen LogP contribution in [-0.2, 0) is 11.5 Å². The second kappa shape index (κ2) is 4.86. The Morgan fingerprint density at radius 3 is 3.06 bits per heavy atom. The van der Waals surface area contributed by atoms with Gasteiger partial charge in [0, 0.05) is 7.05 Å². The van der Waals surface area contributed by atoms with Crippen molar-refractivity contribution in [2.75, 3.05) is 25.6 Å². The van der Waals surface area contributed by atoms with Gasteiger partial charge in [0.1, 0.15) is 18.6 Å². The highest BCUT2D eigenvalue weighted by Gasteiger charge is 2.08. The molecule has 0 aliphatic rings. The Bertz CT molecular complexity index is 470. The molecule has 0 saturated heterocycles. The quantitative estimate of drug-likeness (QED) is 0.685. The Balaban J connectivity index is 2.27. The van der Waals surface area contributed by atoms with Crippen molar-refractivity contribution < 1.29 is 9.84 Å². The van der Waals surface area contributed by atoms with Crippen LogP contribution in [0.5, 0.6) is 0 Å². The lowest BCUT2D eigenvalue weighted by Crippen LogP contribution is -2.05. The molecule has 2 aromatic rings. The minimum atomic E-state index is 0.00335. The minimum Gasteiger partial charge on any atom is -0.394 e. The van der Waals surface area contributed by atoms with E-state index >= 15 is 0 Å². The van der Waals surface area contributed by atoms with E-state index in [4.69, 9.17) is 9.84 Å². The largest absolute Gasteiger partial charge is 0.394 e. The topological polar surface area (TPSA) is 85.1 Å². The molecular weight excluding hydrogens is 210 g/mol. The highest BCUT2D eigenvalue weighted by molar-refractivity contribution is 5.82. The van der Waals surface area contributed by atoms with Crippen molar-refractivity contribution in [1.29, 1.82) is 0 Å². The average molecular weight is 223 g/mol. The first-order chi connectivity index (χ1) is 7.86. The summed E-state index contributed by atoms with van der Waals surface area (Å²) in [5, 5.41) is 11.5.